The average Bonchev–Trinajstić information content (AvgIpc) is 3.24. The lowest BCUT2D eigenvalue weighted by molar-refractivity contribution is -0.115. The van der Waals surface area contributed by atoms with Gasteiger partial charge in [-0.15, -0.1) is 11.3 Å². The van der Waals surface area contributed by atoms with Crippen LogP contribution in [0.25, 0.3) is 21.1 Å². The van der Waals surface area contributed by atoms with Crippen molar-refractivity contribution in [3.8, 4) is 0 Å². The molecular weight excluding hydrogens is 394 g/mol. The molecule has 6 nitrogen and oxygen atoms in total. The Kier molecular flexibility index (Phi) is 3.94. The van der Waals surface area contributed by atoms with E-state index >= 15 is 0 Å². The first-order chi connectivity index (χ1) is 12.4. The molecule has 2 aromatic heterocycles. The predicted octanol–water partition coefficient (Wildman–Crippen LogP) is 3.81. The summed E-state index contributed by atoms with van der Waals surface area (Å²) < 4.78 is 32.7. The molecular formula is C17H11NO5S3. The van der Waals surface area contributed by atoms with Crippen LogP contribution in [-0.2, 0) is 14.8 Å². The zero-order valence-corrected chi connectivity index (χ0v) is 15.8. The van der Waals surface area contributed by atoms with Gasteiger partial charge in [-0.05, 0) is 17.5 Å². The second kappa shape index (κ2) is 6.04. The molecule has 0 saturated carbocycles. The first-order valence-electron chi connectivity index (χ1n) is 7.44. The third-order valence-corrected chi connectivity index (χ3v) is 7.75. The van der Waals surface area contributed by atoms with Gasteiger partial charge in [-0.3, -0.25) is 4.79 Å². The Morgan fingerprint density at radius 3 is 2.50 bits per heavy atom. The second-order valence-corrected chi connectivity index (χ2v) is 9.38. The molecule has 9 heteroatoms. The highest BCUT2D eigenvalue weighted by Gasteiger charge is 2.31. The molecule has 132 valence electrons. The largest absolute Gasteiger partial charge is 0.413 e. The van der Waals surface area contributed by atoms with Crippen molar-refractivity contribution in [3.63, 3.8) is 0 Å². The summed E-state index contributed by atoms with van der Waals surface area (Å²) in [6.07, 6.45) is 0. The van der Waals surface area contributed by atoms with Crippen LogP contribution in [0.3, 0.4) is 0 Å². The number of benzene rings is 2. The molecule has 4 rings (SSSR count). The van der Waals surface area contributed by atoms with E-state index in [9.17, 15) is 18.0 Å². The minimum absolute atomic E-state index is 0.0669. The molecule has 0 radical (unpaired) electrons. The van der Waals surface area contributed by atoms with Crippen LogP contribution < -0.4 is 9.24 Å². The number of rotatable bonds is 3. The molecule has 0 spiro atoms. The van der Waals surface area contributed by atoms with E-state index in [-0.39, 0.29) is 9.90 Å². The third-order valence-electron chi connectivity index (χ3n) is 3.81. The highest BCUT2D eigenvalue weighted by Crippen LogP contribution is 2.38. The van der Waals surface area contributed by atoms with E-state index in [1.807, 2.05) is 0 Å². The number of carbonyl (C=O) groups excluding carboxylic acids is 1. The normalized spacial score (nSPS) is 11.9. The summed E-state index contributed by atoms with van der Waals surface area (Å²) in [5.74, 6) is -0.640. The van der Waals surface area contributed by atoms with Crippen LogP contribution >= 0.6 is 22.7 Å². The quantitative estimate of drug-likeness (QED) is 0.517. The second-order valence-electron chi connectivity index (χ2n) is 5.44. The molecule has 0 aliphatic carbocycles. The predicted molar refractivity (Wildman–Crippen MR) is 103 cm³/mol. The lowest BCUT2D eigenvalue weighted by atomic mass is 10.1. The fourth-order valence-corrected chi connectivity index (χ4v) is 6.04. The Morgan fingerprint density at radius 1 is 1.12 bits per heavy atom. The molecule has 0 atom stereocenters. The van der Waals surface area contributed by atoms with Crippen molar-refractivity contribution < 1.29 is 17.6 Å². The van der Waals surface area contributed by atoms with Gasteiger partial charge in [0.25, 0.3) is 10.0 Å². The molecule has 1 amide bonds. The first-order valence-corrected chi connectivity index (χ1v) is 10.6. The number of amides is 1. The Bertz CT molecular complexity index is 1300. The van der Waals surface area contributed by atoms with Gasteiger partial charge < -0.3 is 4.42 Å². The molecule has 0 fully saturated rings. The number of fused-ring (bicyclic) bond motifs is 3. The van der Waals surface area contributed by atoms with Crippen molar-refractivity contribution in [1.82, 2.24) is 0 Å². The van der Waals surface area contributed by atoms with Crippen molar-refractivity contribution >= 4 is 65.3 Å². The van der Waals surface area contributed by atoms with Crippen LogP contribution in [0.15, 0.2) is 61.3 Å². The topological polar surface area (TPSA) is 84.7 Å². The summed E-state index contributed by atoms with van der Waals surface area (Å²) >= 11 is 1.90. The molecule has 4 aromatic rings. The van der Waals surface area contributed by atoms with Crippen LogP contribution in [-0.4, -0.2) is 14.3 Å². The number of thiophene rings is 1. The maximum atomic E-state index is 13.1. The van der Waals surface area contributed by atoms with E-state index in [0.29, 0.717) is 21.1 Å². The summed E-state index contributed by atoms with van der Waals surface area (Å²) in [4.78, 5) is 23.5. The van der Waals surface area contributed by atoms with Gasteiger partial charge in [-0.1, -0.05) is 41.7 Å². The Morgan fingerprint density at radius 2 is 1.85 bits per heavy atom. The number of sulfonamides is 1. The number of carbonyl (C=O) groups is 1. The zero-order chi connectivity index (χ0) is 18.5. The van der Waals surface area contributed by atoms with Gasteiger partial charge in [0, 0.05) is 17.7 Å². The highest BCUT2D eigenvalue weighted by molar-refractivity contribution is 7.95. The summed E-state index contributed by atoms with van der Waals surface area (Å²) in [7, 11) is -4.07. The van der Waals surface area contributed by atoms with Crippen molar-refractivity contribution in [2.24, 2.45) is 0 Å². The number of anilines is 1. The van der Waals surface area contributed by atoms with Crippen LogP contribution in [0.2, 0.25) is 0 Å². The SMILES string of the molecule is CC(=O)N(c1cc2sc(=O)oc2c2ccccc12)S(=O)(=O)c1cccs1. The van der Waals surface area contributed by atoms with E-state index in [4.69, 9.17) is 4.42 Å². The van der Waals surface area contributed by atoms with Gasteiger partial charge in [0.2, 0.25) is 5.91 Å². The van der Waals surface area contributed by atoms with Crippen molar-refractivity contribution in [1.29, 1.82) is 0 Å². The van der Waals surface area contributed by atoms with Gasteiger partial charge in [0.1, 0.15) is 4.21 Å². The van der Waals surface area contributed by atoms with Crippen LogP contribution in [0.5, 0.6) is 0 Å². The molecule has 0 bridgehead atoms. The van der Waals surface area contributed by atoms with E-state index in [1.165, 1.54) is 19.1 Å². The maximum Gasteiger partial charge on any atom is 0.396 e. The Hall–Kier alpha value is -2.49. The van der Waals surface area contributed by atoms with E-state index in [0.717, 1.165) is 27.0 Å². The van der Waals surface area contributed by atoms with Gasteiger partial charge >= 0.3 is 4.94 Å². The van der Waals surface area contributed by atoms with Crippen molar-refractivity contribution in [2.45, 2.75) is 11.1 Å². The van der Waals surface area contributed by atoms with Crippen molar-refractivity contribution in [2.75, 3.05) is 4.31 Å². The Labute approximate surface area is 156 Å². The molecule has 26 heavy (non-hydrogen) atoms. The average molecular weight is 405 g/mol. The summed E-state index contributed by atoms with van der Waals surface area (Å²) in [5.41, 5.74) is 0.586. The maximum absolute atomic E-state index is 13.1. The molecule has 2 aromatic carbocycles. The van der Waals surface area contributed by atoms with E-state index in [1.54, 1.807) is 35.7 Å². The van der Waals surface area contributed by atoms with Gasteiger partial charge in [-0.25, -0.2) is 9.10 Å². The smallest absolute Gasteiger partial charge is 0.396 e. The van der Waals surface area contributed by atoms with Gasteiger partial charge in [0.05, 0.1) is 10.4 Å². The Balaban J connectivity index is 2.10. The summed E-state index contributed by atoms with van der Waals surface area (Å²) in [5, 5.41) is 2.72. The third kappa shape index (κ3) is 2.56. The molecule has 0 unspecified atom stereocenters. The van der Waals surface area contributed by atoms with Gasteiger partial charge in [-0.2, -0.15) is 8.42 Å². The standard InChI is InChI=1S/C17H11NO5S3/c1-10(19)18(26(21,22)15-7-4-8-24-15)13-9-14-16(23-17(20)25-14)12-6-3-2-5-11(12)13/h2-9H,1H3. The highest BCUT2D eigenvalue weighted by atomic mass is 32.2. The van der Waals surface area contributed by atoms with Gasteiger partial charge in [0.15, 0.2) is 5.58 Å². The lowest BCUT2D eigenvalue weighted by Gasteiger charge is -2.22. The summed E-state index contributed by atoms with van der Waals surface area (Å²) in [6, 6.07) is 11.5. The van der Waals surface area contributed by atoms with Crippen LogP contribution in [0, 0.1) is 0 Å². The molecule has 2 heterocycles. The first kappa shape index (κ1) is 17.0. The van der Waals surface area contributed by atoms with Crippen LogP contribution in [0.1, 0.15) is 6.92 Å². The fourth-order valence-electron chi connectivity index (χ4n) is 2.82. The zero-order valence-electron chi connectivity index (χ0n) is 13.3. The van der Waals surface area contributed by atoms with Crippen molar-refractivity contribution in [3.05, 3.63) is 57.6 Å². The molecule has 0 N–H and O–H groups in total. The number of nitrogens with zero attached hydrogens (tertiary/aromatic N) is 1. The lowest BCUT2D eigenvalue weighted by Crippen LogP contribution is -2.34. The number of hydrogen-bond acceptors (Lipinski definition) is 7. The number of hydrogen-bond donors (Lipinski definition) is 0. The fraction of sp³-hybridized carbons (Fsp3) is 0.0588. The van der Waals surface area contributed by atoms with E-state index in [2.05, 4.69) is 0 Å². The van der Waals surface area contributed by atoms with E-state index < -0.39 is 20.9 Å². The molecule has 0 aliphatic rings. The molecule has 0 aliphatic heterocycles. The monoisotopic (exact) mass is 405 g/mol. The summed E-state index contributed by atoms with van der Waals surface area (Å²) in [6.45, 7) is 1.20. The van der Waals surface area contributed by atoms with Crippen LogP contribution in [0.4, 0.5) is 5.69 Å². The molecule has 0 saturated heterocycles. The minimum atomic E-state index is -4.07. The minimum Gasteiger partial charge on any atom is -0.413 e.